The molecule has 1 heterocycles. The highest BCUT2D eigenvalue weighted by Gasteiger charge is 2.39. The normalized spacial score (nSPS) is 16.9. The Bertz CT molecular complexity index is 498. The molecule has 0 aliphatic heterocycles. The van der Waals surface area contributed by atoms with Crippen molar-refractivity contribution in [3.05, 3.63) is 24.0 Å². The van der Waals surface area contributed by atoms with Crippen LogP contribution in [0.25, 0.3) is 0 Å². The summed E-state index contributed by atoms with van der Waals surface area (Å²) in [6.45, 7) is 10.4. The number of aromatic nitrogens is 1. The first-order valence-electron chi connectivity index (χ1n) is 8.19. The van der Waals surface area contributed by atoms with Crippen LogP contribution in [0.2, 0.25) is 0 Å². The highest BCUT2D eigenvalue weighted by Crippen LogP contribution is 2.31. The molecule has 1 aliphatic rings. The van der Waals surface area contributed by atoms with Gasteiger partial charge < -0.3 is 19.9 Å². The second-order valence-electron chi connectivity index (χ2n) is 7.15. The van der Waals surface area contributed by atoms with Gasteiger partial charge in [-0.2, -0.15) is 0 Å². The Balaban J connectivity index is 1.82. The van der Waals surface area contributed by atoms with E-state index in [-0.39, 0.29) is 11.6 Å². The Labute approximate surface area is 133 Å². The minimum absolute atomic E-state index is 0.147. The van der Waals surface area contributed by atoms with Crippen LogP contribution in [0.3, 0.4) is 0 Å². The van der Waals surface area contributed by atoms with E-state index in [1.165, 1.54) is 5.69 Å². The van der Waals surface area contributed by atoms with Crippen LogP contribution in [-0.4, -0.2) is 28.3 Å². The molecular weight excluding hydrogens is 278 g/mol. The lowest BCUT2D eigenvalue weighted by Crippen LogP contribution is -2.59. The quantitative estimate of drug-likeness (QED) is 0.849. The zero-order chi connectivity index (χ0) is 16.2. The fraction of sp³-hybridized carbons (Fsp3) is 0.706. The fourth-order valence-electron chi connectivity index (χ4n) is 2.82. The Morgan fingerprint density at radius 3 is 2.68 bits per heavy atom. The molecule has 5 heteroatoms. The Morgan fingerprint density at radius 2 is 2.14 bits per heavy atom. The maximum absolute atomic E-state index is 12.0. The predicted molar refractivity (Wildman–Crippen MR) is 87.8 cm³/mol. The van der Waals surface area contributed by atoms with Crippen LogP contribution in [0.1, 0.15) is 52.7 Å². The molecule has 1 aromatic heterocycles. The third kappa shape index (κ3) is 4.50. The molecular formula is C17H29N3O2. The molecule has 0 saturated heterocycles. The van der Waals surface area contributed by atoms with Crippen molar-refractivity contribution >= 4 is 6.09 Å². The molecule has 0 spiro atoms. The van der Waals surface area contributed by atoms with E-state index in [0.29, 0.717) is 0 Å². The first-order chi connectivity index (χ1) is 10.3. The summed E-state index contributed by atoms with van der Waals surface area (Å²) >= 11 is 0. The van der Waals surface area contributed by atoms with Gasteiger partial charge in [0.25, 0.3) is 0 Å². The number of ether oxygens (including phenoxy) is 1. The van der Waals surface area contributed by atoms with Crippen LogP contribution in [0, 0.1) is 0 Å². The molecule has 1 fully saturated rings. The van der Waals surface area contributed by atoms with Crippen molar-refractivity contribution in [2.24, 2.45) is 0 Å². The number of rotatable bonds is 6. The van der Waals surface area contributed by atoms with E-state index >= 15 is 0 Å². The van der Waals surface area contributed by atoms with Crippen molar-refractivity contribution in [1.82, 2.24) is 15.2 Å². The number of carbonyl (C=O) groups is 1. The SMILES string of the molecule is CCn1cccc1CNCC1(NC(=O)OC(C)(C)C)CCC1. The molecule has 0 bridgehead atoms. The van der Waals surface area contributed by atoms with E-state index in [1.54, 1.807) is 0 Å². The van der Waals surface area contributed by atoms with Gasteiger partial charge in [0.15, 0.2) is 0 Å². The number of aryl methyl sites for hydroxylation is 1. The molecule has 0 unspecified atom stereocenters. The summed E-state index contributed by atoms with van der Waals surface area (Å²) in [7, 11) is 0. The van der Waals surface area contributed by atoms with Crippen molar-refractivity contribution in [2.45, 2.75) is 71.2 Å². The number of hydrogen-bond donors (Lipinski definition) is 2. The number of alkyl carbamates (subject to hydrolysis) is 1. The van der Waals surface area contributed by atoms with Crippen LogP contribution >= 0.6 is 0 Å². The Morgan fingerprint density at radius 1 is 1.41 bits per heavy atom. The minimum Gasteiger partial charge on any atom is -0.444 e. The number of nitrogens with one attached hydrogen (secondary N) is 2. The van der Waals surface area contributed by atoms with Gasteiger partial charge in [-0.3, -0.25) is 0 Å². The first-order valence-corrected chi connectivity index (χ1v) is 8.19. The first kappa shape index (κ1) is 16.9. The summed E-state index contributed by atoms with van der Waals surface area (Å²) in [5.74, 6) is 0. The Hall–Kier alpha value is -1.49. The standard InChI is InChI=1S/C17H29N3O2/c1-5-20-11-6-8-14(20)12-18-13-17(9-7-10-17)19-15(21)22-16(2,3)4/h6,8,11,18H,5,7,9-10,12-13H2,1-4H3,(H,19,21). The van der Waals surface area contributed by atoms with Gasteiger partial charge >= 0.3 is 6.09 Å². The van der Waals surface area contributed by atoms with Crippen molar-refractivity contribution in [1.29, 1.82) is 0 Å². The smallest absolute Gasteiger partial charge is 0.408 e. The van der Waals surface area contributed by atoms with E-state index in [4.69, 9.17) is 4.74 Å². The third-order valence-corrected chi connectivity index (χ3v) is 4.11. The van der Waals surface area contributed by atoms with E-state index in [9.17, 15) is 4.79 Å². The maximum Gasteiger partial charge on any atom is 0.408 e. The summed E-state index contributed by atoms with van der Waals surface area (Å²) in [6.07, 6.45) is 4.95. The zero-order valence-corrected chi connectivity index (χ0v) is 14.2. The minimum atomic E-state index is -0.454. The maximum atomic E-state index is 12.0. The molecule has 124 valence electrons. The van der Waals surface area contributed by atoms with Crippen LogP contribution in [-0.2, 0) is 17.8 Å². The number of nitrogens with zero attached hydrogens (tertiary/aromatic N) is 1. The molecule has 5 nitrogen and oxygen atoms in total. The molecule has 1 amide bonds. The molecule has 2 N–H and O–H groups in total. The lowest BCUT2D eigenvalue weighted by atomic mass is 9.76. The van der Waals surface area contributed by atoms with Gasteiger partial charge in [0.1, 0.15) is 5.60 Å². The average molecular weight is 307 g/mol. The fourth-order valence-corrected chi connectivity index (χ4v) is 2.82. The molecule has 1 aromatic rings. The van der Waals surface area contributed by atoms with Gasteiger partial charge in [-0.1, -0.05) is 0 Å². The lowest BCUT2D eigenvalue weighted by Gasteiger charge is -2.42. The predicted octanol–water partition coefficient (Wildman–Crippen LogP) is 3.05. The molecule has 0 aromatic carbocycles. The summed E-state index contributed by atoms with van der Waals surface area (Å²) in [5, 5.41) is 6.55. The van der Waals surface area contributed by atoms with Crippen LogP contribution < -0.4 is 10.6 Å². The van der Waals surface area contributed by atoms with Crippen molar-refractivity contribution in [3.8, 4) is 0 Å². The summed E-state index contributed by atoms with van der Waals surface area (Å²) in [6, 6.07) is 4.20. The van der Waals surface area contributed by atoms with E-state index < -0.39 is 5.60 Å². The highest BCUT2D eigenvalue weighted by atomic mass is 16.6. The monoisotopic (exact) mass is 307 g/mol. The van der Waals surface area contributed by atoms with Gasteiger partial charge in [-0.15, -0.1) is 0 Å². The van der Waals surface area contributed by atoms with Gasteiger partial charge in [0, 0.05) is 31.5 Å². The van der Waals surface area contributed by atoms with Gasteiger partial charge in [0.2, 0.25) is 0 Å². The number of carbonyl (C=O) groups excluding carboxylic acids is 1. The summed E-state index contributed by atoms with van der Waals surface area (Å²) in [5.41, 5.74) is 0.672. The average Bonchev–Trinajstić information content (AvgIpc) is 2.80. The molecule has 1 aliphatic carbocycles. The number of amides is 1. The summed E-state index contributed by atoms with van der Waals surface area (Å²) < 4.78 is 7.60. The molecule has 0 radical (unpaired) electrons. The van der Waals surface area contributed by atoms with Crippen molar-refractivity contribution in [2.75, 3.05) is 6.54 Å². The number of hydrogen-bond acceptors (Lipinski definition) is 3. The van der Waals surface area contributed by atoms with E-state index in [0.717, 1.165) is 38.9 Å². The second-order valence-corrected chi connectivity index (χ2v) is 7.15. The van der Waals surface area contributed by atoms with Gasteiger partial charge in [-0.25, -0.2) is 4.79 Å². The largest absolute Gasteiger partial charge is 0.444 e. The lowest BCUT2D eigenvalue weighted by molar-refractivity contribution is 0.0382. The topological polar surface area (TPSA) is 55.3 Å². The molecule has 22 heavy (non-hydrogen) atoms. The van der Waals surface area contributed by atoms with Crippen molar-refractivity contribution < 1.29 is 9.53 Å². The Kier molecular flexibility index (Phi) is 5.16. The van der Waals surface area contributed by atoms with Crippen LogP contribution in [0.5, 0.6) is 0 Å². The second kappa shape index (κ2) is 6.73. The highest BCUT2D eigenvalue weighted by molar-refractivity contribution is 5.69. The van der Waals surface area contributed by atoms with E-state index in [2.05, 4.69) is 40.5 Å². The van der Waals surface area contributed by atoms with Crippen LogP contribution in [0.15, 0.2) is 18.3 Å². The zero-order valence-electron chi connectivity index (χ0n) is 14.2. The van der Waals surface area contributed by atoms with Gasteiger partial charge in [-0.05, 0) is 59.1 Å². The van der Waals surface area contributed by atoms with Crippen molar-refractivity contribution in [3.63, 3.8) is 0 Å². The van der Waals surface area contributed by atoms with Crippen LogP contribution in [0.4, 0.5) is 4.79 Å². The van der Waals surface area contributed by atoms with Gasteiger partial charge in [0.05, 0.1) is 5.54 Å². The van der Waals surface area contributed by atoms with E-state index in [1.807, 2.05) is 20.8 Å². The summed E-state index contributed by atoms with van der Waals surface area (Å²) in [4.78, 5) is 12.0. The molecule has 0 atom stereocenters. The molecule has 1 saturated carbocycles. The third-order valence-electron chi connectivity index (χ3n) is 4.11. The molecule has 2 rings (SSSR count).